The molecule has 2 amide bonds. The molecule has 10 nitrogen and oxygen atoms in total. The highest BCUT2D eigenvalue weighted by Crippen LogP contribution is 1.97. The number of amides is 2. The summed E-state index contributed by atoms with van der Waals surface area (Å²) < 4.78 is 0. The van der Waals surface area contributed by atoms with Crippen molar-refractivity contribution in [2.75, 3.05) is 0 Å². The Kier molecular flexibility index (Phi) is 11.7. The SMILES string of the molecule is NC(=O)C(N)CCCC(=O)O.NC(=O)CCC(N)C(=O)O. The molecule has 0 saturated carbocycles. The molecule has 0 aliphatic carbocycles. The first kappa shape index (κ1) is 21.1. The van der Waals surface area contributed by atoms with E-state index in [-0.39, 0.29) is 19.3 Å². The molecule has 0 radical (unpaired) electrons. The quantitative estimate of drug-likeness (QED) is 0.272. The van der Waals surface area contributed by atoms with Crippen molar-refractivity contribution in [3.05, 3.63) is 0 Å². The van der Waals surface area contributed by atoms with E-state index in [1.165, 1.54) is 0 Å². The second-order valence-electron chi connectivity index (χ2n) is 4.24. The molecule has 0 aromatic carbocycles. The fourth-order valence-electron chi connectivity index (χ4n) is 1.04. The van der Waals surface area contributed by atoms with Crippen LogP contribution < -0.4 is 22.9 Å². The Morgan fingerprint density at radius 1 is 0.857 bits per heavy atom. The molecule has 0 bridgehead atoms. The summed E-state index contributed by atoms with van der Waals surface area (Å²) in [7, 11) is 0. The van der Waals surface area contributed by atoms with Gasteiger partial charge in [0, 0.05) is 12.8 Å². The van der Waals surface area contributed by atoms with Crippen molar-refractivity contribution in [1.29, 1.82) is 0 Å². The van der Waals surface area contributed by atoms with Crippen LogP contribution in [0.5, 0.6) is 0 Å². The fourth-order valence-corrected chi connectivity index (χ4v) is 1.04. The van der Waals surface area contributed by atoms with E-state index in [9.17, 15) is 19.2 Å². The lowest BCUT2D eigenvalue weighted by Crippen LogP contribution is -2.36. The summed E-state index contributed by atoms with van der Waals surface area (Å²) in [6.45, 7) is 0. The van der Waals surface area contributed by atoms with Crippen LogP contribution in [-0.2, 0) is 19.2 Å². The van der Waals surface area contributed by atoms with Gasteiger partial charge in [-0.15, -0.1) is 0 Å². The zero-order valence-corrected chi connectivity index (χ0v) is 11.5. The standard InChI is InChI=1S/C6H12N2O3.C5H10N2O3/c7-4(6(8)11)2-1-3-5(9)10;6-3(5(9)10)1-2-4(7)8/h4H,1-3,7H2,(H2,8,11)(H,9,10);3H,1-2,6H2,(H2,7,8)(H,9,10). The van der Waals surface area contributed by atoms with Gasteiger partial charge in [0.1, 0.15) is 6.04 Å². The van der Waals surface area contributed by atoms with Gasteiger partial charge in [-0.1, -0.05) is 0 Å². The van der Waals surface area contributed by atoms with E-state index in [0.29, 0.717) is 12.8 Å². The third kappa shape index (κ3) is 15.7. The average molecular weight is 306 g/mol. The molecule has 0 saturated heterocycles. The molecule has 0 aromatic rings. The van der Waals surface area contributed by atoms with Crippen molar-refractivity contribution in [3.8, 4) is 0 Å². The smallest absolute Gasteiger partial charge is 0.320 e. The number of carboxylic acids is 2. The molecule has 2 unspecified atom stereocenters. The molecule has 0 heterocycles. The van der Waals surface area contributed by atoms with Crippen molar-refractivity contribution >= 4 is 23.8 Å². The van der Waals surface area contributed by atoms with E-state index in [1.54, 1.807) is 0 Å². The van der Waals surface area contributed by atoms with Gasteiger partial charge in [-0.3, -0.25) is 19.2 Å². The second-order valence-corrected chi connectivity index (χ2v) is 4.24. The van der Waals surface area contributed by atoms with Gasteiger partial charge >= 0.3 is 11.9 Å². The highest BCUT2D eigenvalue weighted by Gasteiger charge is 2.11. The van der Waals surface area contributed by atoms with Gasteiger partial charge in [0.2, 0.25) is 11.8 Å². The van der Waals surface area contributed by atoms with Crippen LogP contribution in [0.3, 0.4) is 0 Å². The number of hydrogen-bond donors (Lipinski definition) is 6. The van der Waals surface area contributed by atoms with Crippen molar-refractivity contribution in [2.24, 2.45) is 22.9 Å². The van der Waals surface area contributed by atoms with Gasteiger partial charge in [0.25, 0.3) is 0 Å². The summed E-state index contributed by atoms with van der Waals surface area (Å²) in [5, 5.41) is 16.4. The number of rotatable bonds is 9. The second kappa shape index (κ2) is 11.6. The van der Waals surface area contributed by atoms with Crippen LogP contribution in [0.1, 0.15) is 32.1 Å². The molecular formula is C11H22N4O6. The van der Waals surface area contributed by atoms with Gasteiger partial charge in [0.15, 0.2) is 0 Å². The summed E-state index contributed by atoms with van der Waals surface area (Å²) in [5.74, 6) is -3.12. The van der Waals surface area contributed by atoms with Crippen LogP contribution in [0, 0.1) is 0 Å². The Balaban J connectivity index is 0. The molecule has 122 valence electrons. The zero-order valence-electron chi connectivity index (χ0n) is 11.5. The molecule has 0 fully saturated rings. The molecule has 0 rings (SSSR count). The minimum absolute atomic E-state index is 0.0213. The van der Waals surface area contributed by atoms with Crippen molar-refractivity contribution in [3.63, 3.8) is 0 Å². The van der Waals surface area contributed by atoms with Crippen LogP contribution in [0.4, 0.5) is 0 Å². The van der Waals surface area contributed by atoms with E-state index in [4.69, 9.17) is 33.1 Å². The van der Waals surface area contributed by atoms with Gasteiger partial charge in [-0.2, -0.15) is 0 Å². The van der Waals surface area contributed by atoms with E-state index >= 15 is 0 Å². The lowest BCUT2D eigenvalue weighted by atomic mass is 10.1. The summed E-state index contributed by atoms with van der Waals surface area (Å²) in [5.41, 5.74) is 19.9. The van der Waals surface area contributed by atoms with Crippen molar-refractivity contribution < 1.29 is 29.4 Å². The highest BCUT2D eigenvalue weighted by atomic mass is 16.4. The molecule has 0 aromatic heterocycles. The van der Waals surface area contributed by atoms with Crippen LogP contribution >= 0.6 is 0 Å². The van der Waals surface area contributed by atoms with Crippen LogP contribution in [0.15, 0.2) is 0 Å². The average Bonchev–Trinajstić information content (AvgIpc) is 2.35. The Labute approximate surface area is 121 Å². The Morgan fingerprint density at radius 3 is 1.71 bits per heavy atom. The molecule has 0 spiro atoms. The summed E-state index contributed by atoms with van der Waals surface area (Å²) >= 11 is 0. The molecule has 10 heteroatoms. The summed E-state index contributed by atoms with van der Waals surface area (Å²) in [6.07, 6.45) is 0.875. The summed E-state index contributed by atoms with van der Waals surface area (Å²) in [6, 6.07) is -1.69. The number of aliphatic carboxylic acids is 2. The molecule has 0 aliphatic heterocycles. The van der Waals surface area contributed by atoms with Crippen molar-refractivity contribution in [2.45, 2.75) is 44.2 Å². The monoisotopic (exact) mass is 306 g/mol. The van der Waals surface area contributed by atoms with E-state index in [1.807, 2.05) is 0 Å². The first-order valence-corrected chi connectivity index (χ1v) is 6.11. The number of hydrogen-bond acceptors (Lipinski definition) is 6. The number of carbonyl (C=O) groups excluding carboxylic acids is 2. The normalized spacial score (nSPS) is 12.5. The number of carboxylic acid groups (broad SMARTS) is 2. The molecule has 2 atom stereocenters. The largest absolute Gasteiger partial charge is 0.481 e. The highest BCUT2D eigenvalue weighted by molar-refractivity contribution is 5.79. The maximum Gasteiger partial charge on any atom is 0.320 e. The van der Waals surface area contributed by atoms with Gasteiger partial charge < -0.3 is 33.1 Å². The lowest BCUT2D eigenvalue weighted by molar-refractivity contribution is -0.139. The minimum Gasteiger partial charge on any atom is -0.481 e. The van der Waals surface area contributed by atoms with Crippen LogP contribution in [-0.4, -0.2) is 46.0 Å². The van der Waals surface area contributed by atoms with Gasteiger partial charge in [-0.25, -0.2) is 0 Å². The van der Waals surface area contributed by atoms with Gasteiger partial charge in [0.05, 0.1) is 6.04 Å². The number of carbonyl (C=O) groups is 4. The Bertz CT molecular complexity index is 374. The fraction of sp³-hybridized carbons (Fsp3) is 0.636. The summed E-state index contributed by atoms with van der Waals surface area (Å²) in [4.78, 5) is 40.5. The van der Waals surface area contributed by atoms with Crippen LogP contribution in [0.2, 0.25) is 0 Å². The van der Waals surface area contributed by atoms with E-state index in [0.717, 1.165) is 0 Å². The maximum atomic E-state index is 10.3. The Morgan fingerprint density at radius 2 is 1.38 bits per heavy atom. The maximum absolute atomic E-state index is 10.3. The third-order valence-electron chi connectivity index (χ3n) is 2.29. The zero-order chi connectivity index (χ0) is 17.0. The first-order chi connectivity index (χ1) is 9.57. The third-order valence-corrected chi connectivity index (χ3v) is 2.29. The topological polar surface area (TPSA) is 213 Å². The number of primary amides is 2. The van der Waals surface area contributed by atoms with E-state index in [2.05, 4.69) is 0 Å². The molecular weight excluding hydrogens is 284 g/mol. The molecule has 10 N–H and O–H groups in total. The van der Waals surface area contributed by atoms with Crippen molar-refractivity contribution in [1.82, 2.24) is 0 Å². The Hall–Kier alpha value is -2.20. The molecule has 0 aliphatic rings. The van der Waals surface area contributed by atoms with Crippen LogP contribution in [0.25, 0.3) is 0 Å². The predicted octanol–water partition coefficient (Wildman–Crippen LogP) is -2.28. The first-order valence-electron chi connectivity index (χ1n) is 6.11. The van der Waals surface area contributed by atoms with E-state index < -0.39 is 35.8 Å². The predicted molar refractivity (Wildman–Crippen MR) is 72.7 cm³/mol. The minimum atomic E-state index is -1.11. The van der Waals surface area contributed by atoms with Gasteiger partial charge in [-0.05, 0) is 19.3 Å². The lowest BCUT2D eigenvalue weighted by Gasteiger charge is -2.04. The molecule has 21 heavy (non-hydrogen) atoms. The number of nitrogens with two attached hydrogens (primary N) is 4.